The number of hydrogen-bond acceptors (Lipinski definition) is 5. The first kappa shape index (κ1) is 18.3. The van der Waals surface area contributed by atoms with Crippen LogP contribution in [0.25, 0.3) is 11.4 Å². The molecular formula is C17H11Cl2N5OS. The molecule has 0 aliphatic heterocycles. The van der Waals surface area contributed by atoms with E-state index in [0.717, 1.165) is 17.3 Å². The van der Waals surface area contributed by atoms with Gasteiger partial charge in [0, 0.05) is 10.6 Å². The molecule has 9 heteroatoms. The van der Waals surface area contributed by atoms with E-state index in [4.69, 9.17) is 28.5 Å². The molecule has 0 fully saturated rings. The zero-order chi connectivity index (χ0) is 18.5. The fourth-order valence-electron chi connectivity index (χ4n) is 2.12. The number of nitrogens with zero attached hydrogens (tertiary/aromatic N) is 3. The molecule has 26 heavy (non-hydrogen) atoms. The molecule has 3 aromatic rings. The third kappa shape index (κ3) is 4.35. The molecule has 0 bridgehead atoms. The smallest absolute Gasteiger partial charge is 0.234 e. The van der Waals surface area contributed by atoms with E-state index in [0.29, 0.717) is 32.3 Å². The molecule has 6 nitrogen and oxygen atoms in total. The molecule has 1 amide bonds. The van der Waals surface area contributed by atoms with Crippen molar-refractivity contribution in [1.82, 2.24) is 15.2 Å². The monoisotopic (exact) mass is 403 g/mol. The van der Waals surface area contributed by atoms with Crippen LogP contribution in [0.1, 0.15) is 5.56 Å². The van der Waals surface area contributed by atoms with Gasteiger partial charge in [-0.2, -0.15) is 5.26 Å². The minimum Gasteiger partial charge on any atom is -0.324 e. The number of H-pyrrole nitrogens is 1. The Labute approximate surface area is 163 Å². The van der Waals surface area contributed by atoms with E-state index in [1.54, 1.807) is 18.2 Å². The number of aromatic nitrogens is 3. The van der Waals surface area contributed by atoms with Crippen molar-refractivity contribution in [1.29, 1.82) is 5.26 Å². The summed E-state index contributed by atoms with van der Waals surface area (Å²) in [5, 5.41) is 20.0. The molecule has 0 aliphatic carbocycles. The molecule has 0 spiro atoms. The lowest BCUT2D eigenvalue weighted by Crippen LogP contribution is -2.15. The second kappa shape index (κ2) is 8.23. The van der Waals surface area contributed by atoms with Crippen LogP contribution in [0.15, 0.2) is 47.6 Å². The van der Waals surface area contributed by atoms with Crippen LogP contribution in [0.2, 0.25) is 10.0 Å². The summed E-state index contributed by atoms with van der Waals surface area (Å²) in [5.74, 6) is 0.315. The van der Waals surface area contributed by atoms with Gasteiger partial charge in [-0.1, -0.05) is 47.1 Å². The Morgan fingerprint density at radius 1 is 1.27 bits per heavy atom. The number of aromatic amines is 1. The summed E-state index contributed by atoms with van der Waals surface area (Å²) in [5.41, 5.74) is 1.44. The molecule has 0 aliphatic rings. The van der Waals surface area contributed by atoms with Crippen LogP contribution in [-0.2, 0) is 4.79 Å². The van der Waals surface area contributed by atoms with Crippen LogP contribution in [-0.4, -0.2) is 26.8 Å². The summed E-state index contributed by atoms with van der Waals surface area (Å²) in [6.45, 7) is 0. The highest BCUT2D eigenvalue weighted by atomic mass is 35.5. The van der Waals surface area contributed by atoms with Crippen molar-refractivity contribution >= 4 is 46.6 Å². The number of benzene rings is 2. The summed E-state index contributed by atoms with van der Waals surface area (Å²) in [6.07, 6.45) is 0. The van der Waals surface area contributed by atoms with Crippen molar-refractivity contribution in [2.45, 2.75) is 5.16 Å². The lowest BCUT2D eigenvalue weighted by molar-refractivity contribution is -0.113. The van der Waals surface area contributed by atoms with Gasteiger partial charge in [-0.15, -0.1) is 5.10 Å². The maximum atomic E-state index is 12.1. The molecule has 2 N–H and O–H groups in total. The van der Waals surface area contributed by atoms with E-state index >= 15 is 0 Å². The van der Waals surface area contributed by atoms with E-state index in [1.165, 1.54) is 6.07 Å². The number of nitriles is 1. The highest BCUT2D eigenvalue weighted by Crippen LogP contribution is 2.26. The van der Waals surface area contributed by atoms with E-state index in [2.05, 4.69) is 20.5 Å². The van der Waals surface area contributed by atoms with Gasteiger partial charge in [0.15, 0.2) is 5.82 Å². The number of rotatable bonds is 5. The topological polar surface area (TPSA) is 94.5 Å². The van der Waals surface area contributed by atoms with Crippen molar-refractivity contribution < 1.29 is 4.79 Å². The number of carbonyl (C=O) groups is 1. The minimum atomic E-state index is -0.294. The second-order valence-corrected chi connectivity index (χ2v) is 6.87. The lowest BCUT2D eigenvalue weighted by Gasteiger charge is -2.06. The SMILES string of the molecule is N#Cc1ccc(Cl)cc1NC(=O)CSc1n[nH]c(-c2ccccc2Cl)n1. The predicted molar refractivity (Wildman–Crippen MR) is 102 cm³/mol. The van der Waals surface area contributed by atoms with Gasteiger partial charge in [0.25, 0.3) is 0 Å². The number of carbonyl (C=O) groups excluding carboxylic acids is 1. The van der Waals surface area contributed by atoms with Gasteiger partial charge < -0.3 is 5.32 Å². The van der Waals surface area contributed by atoms with Crippen molar-refractivity contribution in [3.8, 4) is 17.5 Å². The fraction of sp³-hybridized carbons (Fsp3) is 0.0588. The quantitative estimate of drug-likeness (QED) is 0.616. The molecular weight excluding hydrogens is 393 g/mol. The van der Waals surface area contributed by atoms with Crippen molar-refractivity contribution in [3.63, 3.8) is 0 Å². The van der Waals surface area contributed by atoms with Gasteiger partial charge in [-0.25, -0.2) is 4.98 Å². The zero-order valence-corrected chi connectivity index (χ0v) is 15.5. The van der Waals surface area contributed by atoms with Crippen LogP contribution >= 0.6 is 35.0 Å². The Kier molecular flexibility index (Phi) is 5.78. The maximum absolute atomic E-state index is 12.1. The Balaban J connectivity index is 1.63. The van der Waals surface area contributed by atoms with Gasteiger partial charge in [-0.3, -0.25) is 9.89 Å². The molecule has 1 aromatic heterocycles. The van der Waals surface area contributed by atoms with Crippen molar-refractivity contribution in [2.75, 3.05) is 11.1 Å². The average molecular weight is 404 g/mol. The van der Waals surface area contributed by atoms with Crippen LogP contribution in [0.3, 0.4) is 0 Å². The Bertz CT molecular complexity index is 999. The first-order valence-electron chi connectivity index (χ1n) is 7.36. The van der Waals surface area contributed by atoms with E-state index in [9.17, 15) is 4.79 Å². The summed E-state index contributed by atoms with van der Waals surface area (Å²) in [4.78, 5) is 16.5. The summed E-state index contributed by atoms with van der Waals surface area (Å²) in [6, 6.07) is 13.9. The van der Waals surface area contributed by atoms with Crippen LogP contribution in [0, 0.1) is 11.3 Å². The number of amides is 1. The van der Waals surface area contributed by atoms with Gasteiger partial charge >= 0.3 is 0 Å². The number of anilines is 1. The van der Waals surface area contributed by atoms with E-state index in [1.807, 2.05) is 24.3 Å². The molecule has 0 saturated heterocycles. The largest absolute Gasteiger partial charge is 0.324 e. The normalized spacial score (nSPS) is 10.3. The highest BCUT2D eigenvalue weighted by molar-refractivity contribution is 7.99. The summed E-state index contributed by atoms with van der Waals surface area (Å²) < 4.78 is 0. The van der Waals surface area contributed by atoms with Crippen molar-refractivity contribution in [2.24, 2.45) is 0 Å². The molecule has 0 radical (unpaired) electrons. The first-order valence-corrected chi connectivity index (χ1v) is 9.10. The number of nitrogens with one attached hydrogen (secondary N) is 2. The Morgan fingerprint density at radius 2 is 2.08 bits per heavy atom. The van der Waals surface area contributed by atoms with Gasteiger partial charge in [-0.05, 0) is 30.3 Å². The van der Waals surface area contributed by atoms with Gasteiger partial charge in [0.2, 0.25) is 11.1 Å². The molecule has 0 saturated carbocycles. The highest BCUT2D eigenvalue weighted by Gasteiger charge is 2.12. The zero-order valence-electron chi connectivity index (χ0n) is 13.2. The fourth-order valence-corrected chi connectivity index (χ4v) is 3.11. The first-order chi connectivity index (χ1) is 12.6. The Hall–Kier alpha value is -2.53. The lowest BCUT2D eigenvalue weighted by atomic mass is 10.2. The molecule has 2 aromatic carbocycles. The van der Waals surface area contributed by atoms with Gasteiger partial charge in [0.05, 0.1) is 22.0 Å². The Morgan fingerprint density at radius 3 is 2.85 bits per heavy atom. The summed E-state index contributed by atoms with van der Waals surface area (Å²) in [7, 11) is 0. The third-order valence-corrected chi connectivity index (χ3v) is 4.71. The minimum absolute atomic E-state index is 0.0806. The average Bonchev–Trinajstić information content (AvgIpc) is 3.09. The van der Waals surface area contributed by atoms with E-state index < -0.39 is 0 Å². The predicted octanol–water partition coefficient (Wildman–Crippen LogP) is 4.38. The molecule has 1 heterocycles. The standard InChI is InChI=1S/C17H11Cl2N5OS/c18-11-6-5-10(8-20)14(7-11)21-15(25)9-26-17-22-16(23-24-17)12-3-1-2-4-13(12)19/h1-7H,9H2,(H,21,25)(H,22,23,24). The van der Waals surface area contributed by atoms with Crippen LogP contribution in [0.5, 0.6) is 0 Å². The third-order valence-electron chi connectivity index (χ3n) is 3.30. The second-order valence-electron chi connectivity index (χ2n) is 5.08. The summed E-state index contributed by atoms with van der Waals surface area (Å²) >= 11 is 13.2. The van der Waals surface area contributed by atoms with E-state index in [-0.39, 0.29) is 11.7 Å². The molecule has 0 unspecified atom stereocenters. The number of halogens is 2. The van der Waals surface area contributed by atoms with Crippen LogP contribution < -0.4 is 5.32 Å². The number of thioether (sulfide) groups is 1. The van der Waals surface area contributed by atoms with Gasteiger partial charge in [0.1, 0.15) is 6.07 Å². The maximum Gasteiger partial charge on any atom is 0.234 e. The molecule has 0 atom stereocenters. The number of hydrogen-bond donors (Lipinski definition) is 2. The van der Waals surface area contributed by atoms with Crippen LogP contribution in [0.4, 0.5) is 5.69 Å². The molecule has 130 valence electrons. The van der Waals surface area contributed by atoms with Crippen molar-refractivity contribution in [3.05, 3.63) is 58.1 Å². The molecule has 3 rings (SSSR count).